The van der Waals surface area contributed by atoms with Crippen LogP contribution in [0, 0.1) is 0 Å². The number of nitrogen functional groups attached to an aromatic ring is 1. The van der Waals surface area contributed by atoms with E-state index in [-0.39, 0.29) is 12.5 Å². The Bertz CT molecular complexity index is 438. The molecule has 0 saturated carbocycles. The number of rotatable bonds is 8. The normalized spacial score (nSPS) is 10.6. The SMILES string of the molecule is CCCCCCN(CCO)C(=O)c1cc(N)ccc1Cl. The molecule has 0 aliphatic rings. The van der Waals surface area contributed by atoms with Crippen LogP contribution in [0.1, 0.15) is 43.0 Å². The van der Waals surface area contributed by atoms with Gasteiger partial charge < -0.3 is 15.7 Å². The lowest BCUT2D eigenvalue weighted by molar-refractivity contribution is 0.0718. The van der Waals surface area contributed by atoms with Gasteiger partial charge in [0.1, 0.15) is 0 Å². The van der Waals surface area contributed by atoms with E-state index in [0.29, 0.717) is 29.4 Å². The molecule has 1 rings (SSSR count). The van der Waals surface area contributed by atoms with Crippen LogP contribution in [0.3, 0.4) is 0 Å². The number of amides is 1. The molecule has 0 aliphatic carbocycles. The van der Waals surface area contributed by atoms with Gasteiger partial charge in [0.05, 0.1) is 17.2 Å². The van der Waals surface area contributed by atoms with Crippen molar-refractivity contribution in [3.8, 4) is 0 Å². The highest BCUT2D eigenvalue weighted by atomic mass is 35.5. The Morgan fingerprint density at radius 3 is 2.70 bits per heavy atom. The van der Waals surface area contributed by atoms with E-state index in [1.807, 2.05) is 0 Å². The first-order chi connectivity index (χ1) is 9.60. The van der Waals surface area contributed by atoms with E-state index in [9.17, 15) is 4.79 Å². The van der Waals surface area contributed by atoms with E-state index in [0.717, 1.165) is 25.7 Å². The summed E-state index contributed by atoms with van der Waals surface area (Å²) in [5, 5.41) is 9.50. The number of hydrogen-bond acceptors (Lipinski definition) is 3. The van der Waals surface area contributed by atoms with Crippen LogP contribution in [-0.4, -0.2) is 35.6 Å². The topological polar surface area (TPSA) is 66.6 Å². The number of carbonyl (C=O) groups excluding carboxylic acids is 1. The summed E-state index contributed by atoms with van der Waals surface area (Å²) >= 11 is 6.05. The van der Waals surface area contributed by atoms with Gasteiger partial charge in [-0.15, -0.1) is 0 Å². The Morgan fingerprint density at radius 2 is 2.05 bits per heavy atom. The van der Waals surface area contributed by atoms with E-state index in [1.165, 1.54) is 0 Å². The molecule has 1 aromatic carbocycles. The number of anilines is 1. The van der Waals surface area contributed by atoms with Crippen molar-refractivity contribution in [1.29, 1.82) is 0 Å². The Hall–Kier alpha value is -1.26. The van der Waals surface area contributed by atoms with Crippen molar-refractivity contribution >= 4 is 23.2 Å². The lowest BCUT2D eigenvalue weighted by Crippen LogP contribution is -2.34. The highest BCUT2D eigenvalue weighted by Crippen LogP contribution is 2.21. The fourth-order valence-corrected chi connectivity index (χ4v) is 2.24. The lowest BCUT2D eigenvalue weighted by atomic mass is 10.1. The van der Waals surface area contributed by atoms with Gasteiger partial charge in [-0.05, 0) is 24.6 Å². The number of nitrogens with zero attached hydrogens (tertiary/aromatic N) is 1. The highest BCUT2D eigenvalue weighted by molar-refractivity contribution is 6.34. The smallest absolute Gasteiger partial charge is 0.255 e. The quantitative estimate of drug-likeness (QED) is 0.573. The fourth-order valence-electron chi connectivity index (χ4n) is 2.04. The number of aliphatic hydroxyl groups is 1. The maximum Gasteiger partial charge on any atom is 0.255 e. The fraction of sp³-hybridized carbons (Fsp3) is 0.533. The first kappa shape index (κ1) is 16.8. The molecule has 4 nitrogen and oxygen atoms in total. The van der Waals surface area contributed by atoms with Crippen molar-refractivity contribution in [2.24, 2.45) is 0 Å². The number of unbranched alkanes of at least 4 members (excludes halogenated alkanes) is 3. The Morgan fingerprint density at radius 1 is 1.30 bits per heavy atom. The maximum absolute atomic E-state index is 12.4. The Balaban J connectivity index is 2.74. The molecule has 5 heteroatoms. The molecule has 0 atom stereocenters. The largest absolute Gasteiger partial charge is 0.399 e. The summed E-state index contributed by atoms with van der Waals surface area (Å²) < 4.78 is 0. The monoisotopic (exact) mass is 298 g/mol. The molecule has 0 unspecified atom stereocenters. The molecule has 0 saturated heterocycles. The predicted octanol–water partition coefficient (Wildman–Crippen LogP) is 2.94. The van der Waals surface area contributed by atoms with Crippen LogP contribution in [-0.2, 0) is 0 Å². The van der Waals surface area contributed by atoms with Crippen LogP contribution in [0.15, 0.2) is 18.2 Å². The van der Waals surface area contributed by atoms with Crippen molar-refractivity contribution in [3.05, 3.63) is 28.8 Å². The van der Waals surface area contributed by atoms with E-state index in [1.54, 1.807) is 23.1 Å². The molecule has 1 aromatic rings. The third-order valence-electron chi connectivity index (χ3n) is 3.16. The van der Waals surface area contributed by atoms with E-state index in [4.69, 9.17) is 22.4 Å². The second kappa shape index (κ2) is 8.82. The standard InChI is InChI=1S/C15H23ClN2O2/c1-2-3-4-5-8-18(9-10-19)15(20)13-11-12(17)6-7-14(13)16/h6-7,11,19H,2-5,8-10,17H2,1H3. The summed E-state index contributed by atoms with van der Waals surface area (Å²) in [6.07, 6.45) is 4.31. The van der Waals surface area contributed by atoms with Crippen LogP contribution >= 0.6 is 11.6 Å². The van der Waals surface area contributed by atoms with Crippen LogP contribution in [0.25, 0.3) is 0 Å². The maximum atomic E-state index is 12.4. The van der Waals surface area contributed by atoms with Crippen molar-refractivity contribution in [2.45, 2.75) is 32.6 Å². The summed E-state index contributed by atoms with van der Waals surface area (Å²) in [7, 11) is 0. The molecule has 0 heterocycles. The van der Waals surface area contributed by atoms with Crippen molar-refractivity contribution < 1.29 is 9.90 Å². The third-order valence-corrected chi connectivity index (χ3v) is 3.49. The highest BCUT2D eigenvalue weighted by Gasteiger charge is 2.18. The molecule has 3 N–H and O–H groups in total. The Labute approximate surface area is 125 Å². The molecular weight excluding hydrogens is 276 g/mol. The second-order valence-electron chi connectivity index (χ2n) is 4.82. The van der Waals surface area contributed by atoms with E-state index >= 15 is 0 Å². The van der Waals surface area contributed by atoms with Crippen LogP contribution in [0.5, 0.6) is 0 Å². The summed E-state index contributed by atoms with van der Waals surface area (Å²) in [5.74, 6) is -0.173. The molecular formula is C15H23ClN2O2. The van der Waals surface area contributed by atoms with Crippen molar-refractivity contribution in [3.63, 3.8) is 0 Å². The summed E-state index contributed by atoms with van der Waals surface area (Å²) in [6, 6.07) is 4.87. The summed E-state index contributed by atoms with van der Waals surface area (Å²) in [5.41, 5.74) is 6.61. The summed E-state index contributed by atoms with van der Waals surface area (Å²) in [4.78, 5) is 14.1. The van der Waals surface area contributed by atoms with Gasteiger partial charge in [-0.25, -0.2) is 0 Å². The van der Waals surface area contributed by atoms with Gasteiger partial charge in [0, 0.05) is 18.8 Å². The van der Waals surface area contributed by atoms with Gasteiger partial charge >= 0.3 is 0 Å². The minimum atomic E-state index is -0.173. The van der Waals surface area contributed by atoms with Crippen molar-refractivity contribution in [2.75, 3.05) is 25.4 Å². The second-order valence-corrected chi connectivity index (χ2v) is 5.22. The molecule has 1 amide bonds. The van der Waals surface area contributed by atoms with Gasteiger partial charge in [-0.3, -0.25) is 4.79 Å². The van der Waals surface area contributed by atoms with E-state index < -0.39 is 0 Å². The zero-order valence-corrected chi connectivity index (χ0v) is 12.7. The van der Waals surface area contributed by atoms with Gasteiger partial charge in [-0.2, -0.15) is 0 Å². The molecule has 0 bridgehead atoms. The van der Waals surface area contributed by atoms with Crippen LogP contribution < -0.4 is 5.73 Å². The number of benzene rings is 1. The molecule has 112 valence electrons. The average Bonchev–Trinajstić information content (AvgIpc) is 2.44. The van der Waals surface area contributed by atoms with Crippen LogP contribution in [0.2, 0.25) is 5.02 Å². The molecule has 0 spiro atoms. The number of halogens is 1. The van der Waals surface area contributed by atoms with Gasteiger partial charge in [0.25, 0.3) is 5.91 Å². The van der Waals surface area contributed by atoms with Gasteiger partial charge in [-0.1, -0.05) is 37.8 Å². The number of nitrogens with two attached hydrogens (primary N) is 1. The predicted molar refractivity (Wildman–Crippen MR) is 83.0 cm³/mol. The molecule has 0 aromatic heterocycles. The average molecular weight is 299 g/mol. The molecule has 20 heavy (non-hydrogen) atoms. The number of aliphatic hydroxyl groups excluding tert-OH is 1. The molecule has 0 aliphatic heterocycles. The minimum Gasteiger partial charge on any atom is -0.399 e. The Kier molecular flexibility index (Phi) is 7.41. The first-order valence-corrected chi connectivity index (χ1v) is 7.43. The lowest BCUT2D eigenvalue weighted by Gasteiger charge is -2.22. The van der Waals surface area contributed by atoms with E-state index in [2.05, 4.69) is 6.92 Å². The first-order valence-electron chi connectivity index (χ1n) is 7.05. The number of hydrogen-bond donors (Lipinski definition) is 2. The zero-order chi connectivity index (χ0) is 15.0. The van der Waals surface area contributed by atoms with Gasteiger partial charge in [0.15, 0.2) is 0 Å². The minimum absolute atomic E-state index is 0.0561. The molecule has 0 radical (unpaired) electrons. The van der Waals surface area contributed by atoms with Crippen LogP contribution in [0.4, 0.5) is 5.69 Å². The van der Waals surface area contributed by atoms with Crippen molar-refractivity contribution in [1.82, 2.24) is 4.90 Å². The summed E-state index contributed by atoms with van der Waals surface area (Å²) in [6.45, 7) is 3.03. The van der Waals surface area contributed by atoms with Gasteiger partial charge in [0.2, 0.25) is 0 Å². The third kappa shape index (κ3) is 5.02. The zero-order valence-electron chi connectivity index (χ0n) is 11.9. The number of carbonyl (C=O) groups is 1. The molecule has 0 fully saturated rings.